The molecule has 0 aromatic rings. The Kier molecular flexibility index (Phi) is 14.2. The van der Waals surface area contributed by atoms with Crippen LogP contribution in [0.25, 0.3) is 0 Å². The first-order valence-electron chi connectivity index (χ1n) is 3.19. The van der Waals surface area contributed by atoms with Crippen LogP contribution in [0.3, 0.4) is 0 Å². The molecule has 0 aliphatic rings. The van der Waals surface area contributed by atoms with Crippen molar-refractivity contribution in [1.82, 2.24) is 0 Å². The number of hydrogen-bond acceptors (Lipinski definition) is 0. The SMILES string of the molecule is C=CC=CCCCC.[Cu]. The quantitative estimate of drug-likeness (QED) is 0.349. The normalized spacial score (nSPS) is 9.00. The van der Waals surface area contributed by atoms with Crippen molar-refractivity contribution < 1.29 is 17.1 Å². The first-order chi connectivity index (χ1) is 3.91. The van der Waals surface area contributed by atoms with Crippen molar-refractivity contribution in [3.05, 3.63) is 24.8 Å². The van der Waals surface area contributed by atoms with Gasteiger partial charge in [-0.3, -0.25) is 0 Å². The summed E-state index contributed by atoms with van der Waals surface area (Å²) in [4.78, 5) is 0. The molecule has 57 valence electrons. The van der Waals surface area contributed by atoms with Gasteiger partial charge in [-0.15, -0.1) is 0 Å². The van der Waals surface area contributed by atoms with Gasteiger partial charge in [0, 0.05) is 17.1 Å². The molecule has 0 aromatic heterocycles. The minimum Gasteiger partial charge on any atom is -0.0991 e. The van der Waals surface area contributed by atoms with Crippen molar-refractivity contribution in [1.29, 1.82) is 0 Å². The third-order valence-electron chi connectivity index (χ3n) is 0.997. The zero-order valence-electron chi connectivity index (χ0n) is 5.86. The molecule has 0 bridgehead atoms. The summed E-state index contributed by atoms with van der Waals surface area (Å²) >= 11 is 0. The van der Waals surface area contributed by atoms with E-state index in [0.717, 1.165) is 0 Å². The fourth-order valence-electron chi connectivity index (χ4n) is 0.514. The van der Waals surface area contributed by atoms with Crippen LogP contribution < -0.4 is 0 Å². The van der Waals surface area contributed by atoms with Crippen molar-refractivity contribution in [3.63, 3.8) is 0 Å². The van der Waals surface area contributed by atoms with Crippen LogP contribution in [0.1, 0.15) is 26.2 Å². The average Bonchev–Trinajstić information content (AvgIpc) is 1.81. The Bertz CT molecular complexity index is 74.6. The van der Waals surface area contributed by atoms with E-state index in [0.29, 0.717) is 0 Å². The third-order valence-corrected chi connectivity index (χ3v) is 0.997. The molecule has 0 amide bonds. The maximum atomic E-state index is 3.57. The van der Waals surface area contributed by atoms with Crippen LogP contribution in [0, 0.1) is 0 Å². The Labute approximate surface area is 68.5 Å². The molecular formula is C8H14Cu. The summed E-state index contributed by atoms with van der Waals surface area (Å²) in [6.45, 7) is 5.77. The zero-order chi connectivity index (χ0) is 6.24. The van der Waals surface area contributed by atoms with Gasteiger partial charge in [-0.1, -0.05) is 44.6 Å². The maximum Gasteiger partial charge on any atom is 0 e. The Hall–Kier alpha value is -0.000519. The van der Waals surface area contributed by atoms with Crippen LogP contribution in [0.5, 0.6) is 0 Å². The summed E-state index contributed by atoms with van der Waals surface area (Å²) in [5.41, 5.74) is 0. The van der Waals surface area contributed by atoms with E-state index in [-0.39, 0.29) is 17.1 Å². The van der Waals surface area contributed by atoms with Crippen LogP contribution in [0.15, 0.2) is 24.8 Å². The topological polar surface area (TPSA) is 0 Å². The first kappa shape index (κ1) is 11.8. The summed E-state index contributed by atoms with van der Waals surface area (Å²) in [5, 5.41) is 0. The fraction of sp³-hybridized carbons (Fsp3) is 0.500. The Balaban J connectivity index is 0. The molecule has 0 aromatic carbocycles. The number of unbranched alkanes of at least 4 members (excludes halogenated alkanes) is 2. The summed E-state index contributed by atoms with van der Waals surface area (Å²) < 4.78 is 0. The van der Waals surface area contributed by atoms with E-state index in [1.54, 1.807) is 0 Å². The van der Waals surface area contributed by atoms with E-state index in [1.165, 1.54) is 19.3 Å². The van der Waals surface area contributed by atoms with Gasteiger partial charge < -0.3 is 0 Å². The molecule has 0 spiro atoms. The van der Waals surface area contributed by atoms with Crippen LogP contribution in [0.2, 0.25) is 0 Å². The standard InChI is InChI=1S/C8H14.Cu/c1-3-5-7-8-6-4-2;/h3,5,7H,1,4,6,8H2,2H3;. The fourth-order valence-corrected chi connectivity index (χ4v) is 0.514. The van der Waals surface area contributed by atoms with E-state index in [4.69, 9.17) is 0 Å². The van der Waals surface area contributed by atoms with Crippen molar-refractivity contribution in [2.75, 3.05) is 0 Å². The molecule has 1 radical (unpaired) electrons. The Morgan fingerprint density at radius 1 is 1.44 bits per heavy atom. The number of allylic oxidation sites excluding steroid dienone is 3. The zero-order valence-corrected chi connectivity index (χ0v) is 6.80. The molecule has 0 saturated heterocycles. The van der Waals surface area contributed by atoms with Crippen molar-refractivity contribution >= 4 is 0 Å². The second-order valence-corrected chi connectivity index (χ2v) is 1.81. The third kappa shape index (κ3) is 11.5. The molecule has 0 N–H and O–H groups in total. The van der Waals surface area contributed by atoms with E-state index >= 15 is 0 Å². The van der Waals surface area contributed by atoms with Gasteiger partial charge in [0.05, 0.1) is 0 Å². The van der Waals surface area contributed by atoms with E-state index in [1.807, 2.05) is 12.2 Å². The molecule has 0 rings (SSSR count). The van der Waals surface area contributed by atoms with E-state index < -0.39 is 0 Å². The van der Waals surface area contributed by atoms with Gasteiger partial charge in [-0.2, -0.15) is 0 Å². The summed E-state index contributed by atoms with van der Waals surface area (Å²) in [6, 6.07) is 0. The first-order valence-corrected chi connectivity index (χ1v) is 3.19. The predicted octanol–water partition coefficient (Wildman–Crippen LogP) is 2.92. The second-order valence-electron chi connectivity index (χ2n) is 1.81. The molecule has 0 saturated carbocycles. The van der Waals surface area contributed by atoms with Crippen LogP contribution in [-0.2, 0) is 17.1 Å². The van der Waals surface area contributed by atoms with Gasteiger partial charge in [0.25, 0.3) is 0 Å². The Morgan fingerprint density at radius 2 is 2.11 bits per heavy atom. The van der Waals surface area contributed by atoms with Gasteiger partial charge in [0.1, 0.15) is 0 Å². The summed E-state index contributed by atoms with van der Waals surface area (Å²) in [5.74, 6) is 0. The van der Waals surface area contributed by atoms with E-state index in [9.17, 15) is 0 Å². The minimum atomic E-state index is 0. The maximum absolute atomic E-state index is 3.57. The van der Waals surface area contributed by atoms with Gasteiger partial charge in [0.15, 0.2) is 0 Å². The molecule has 0 atom stereocenters. The molecule has 0 fully saturated rings. The monoisotopic (exact) mass is 173 g/mol. The van der Waals surface area contributed by atoms with Crippen molar-refractivity contribution in [2.24, 2.45) is 0 Å². The molecule has 0 heterocycles. The molecule has 1 heteroatoms. The van der Waals surface area contributed by atoms with Crippen molar-refractivity contribution in [2.45, 2.75) is 26.2 Å². The summed E-state index contributed by atoms with van der Waals surface area (Å²) in [6.07, 6.45) is 9.73. The number of hydrogen-bond donors (Lipinski definition) is 0. The molecule has 0 nitrogen and oxygen atoms in total. The van der Waals surface area contributed by atoms with E-state index in [2.05, 4.69) is 19.6 Å². The molecule has 0 unspecified atom stereocenters. The van der Waals surface area contributed by atoms with Crippen molar-refractivity contribution in [3.8, 4) is 0 Å². The molecular weight excluding hydrogens is 160 g/mol. The average molecular weight is 174 g/mol. The van der Waals surface area contributed by atoms with Gasteiger partial charge >= 0.3 is 0 Å². The second kappa shape index (κ2) is 10.9. The largest absolute Gasteiger partial charge is 0.0991 e. The van der Waals surface area contributed by atoms with Gasteiger partial charge in [-0.05, 0) is 6.42 Å². The van der Waals surface area contributed by atoms with Crippen LogP contribution >= 0.6 is 0 Å². The molecule has 9 heavy (non-hydrogen) atoms. The minimum absolute atomic E-state index is 0. The molecule has 0 aliphatic heterocycles. The van der Waals surface area contributed by atoms with Crippen LogP contribution in [0.4, 0.5) is 0 Å². The summed E-state index contributed by atoms with van der Waals surface area (Å²) in [7, 11) is 0. The smallest absolute Gasteiger partial charge is 0 e. The van der Waals surface area contributed by atoms with Gasteiger partial charge in [-0.25, -0.2) is 0 Å². The Morgan fingerprint density at radius 3 is 2.56 bits per heavy atom. The number of rotatable bonds is 4. The van der Waals surface area contributed by atoms with Crippen LogP contribution in [-0.4, -0.2) is 0 Å². The molecule has 0 aliphatic carbocycles. The van der Waals surface area contributed by atoms with Gasteiger partial charge in [0.2, 0.25) is 0 Å². The predicted molar refractivity (Wildman–Crippen MR) is 38.9 cm³/mol.